The number of nitrogens with zero attached hydrogens (tertiary/aromatic N) is 1. The van der Waals surface area contributed by atoms with Crippen LogP contribution in [0.25, 0.3) is 0 Å². The predicted molar refractivity (Wildman–Crippen MR) is 84.9 cm³/mol. The van der Waals surface area contributed by atoms with Gasteiger partial charge in [-0.3, -0.25) is 9.78 Å². The van der Waals surface area contributed by atoms with Crippen molar-refractivity contribution in [1.82, 2.24) is 10.3 Å². The van der Waals surface area contributed by atoms with Crippen LogP contribution in [0.3, 0.4) is 0 Å². The molecule has 2 atom stereocenters. The summed E-state index contributed by atoms with van der Waals surface area (Å²) in [5.41, 5.74) is 0.958. The SMILES string of the molecule is O=C(NCc1cccnc1)C12CC3CC(CC(Br)(C3)C1)C2. The molecule has 1 aromatic heterocycles. The number of amides is 1. The molecule has 1 heterocycles. The van der Waals surface area contributed by atoms with E-state index in [9.17, 15) is 4.79 Å². The van der Waals surface area contributed by atoms with Crippen molar-refractivity contribution in [2.45, 2.75) is 49.4 Å². The topological polar surface area (TPSA) is 42.0 Å². The molecule has 0 aliphatic heterocycles. The zero-order valence-corrected chi connectivity index (χ0v) is 13.7. The molecule has 21 heavy (non-hydrogen) atoms. The fraction of sp³-hybridized carbons (Fsp3) is 0.647. The van der Waals surface area contributed by atoms with Gasteiger partial charge >= 0.3 is 0 Å². The smallest absolute Gasteiger partial charge is 0.226 e. The molecule has 4 heteroatoms. The van der Waals surface area contributed by atoms with Crippen LogP contribution in [0.2, 0.25) is 0 Å². The zero-order chi connectivity index (χ0) is 14.5. The normalized spacial score (nSPS) is 40.2. The van der Waals surface area contributed by atoms with Crippen LogP contribution >= 0.6 is 15.9 Å². The molecule has 5 rings (SSSR count). The third-order valence-electron chi connectivity index (χ3n) is 5.65. The van der Waals surface area contributed by atoms with Gasteiger partial charge in [0, 0.05) is 23.3 Å². The quantitative estimate of drug-likeness (QED) is 0.850. The number of carbonyl (C=O) groups is 1. The van der Waals surface area contributed by atoms with Crippen LogP contribution in [-0.2, 0) is 11.3 Å². The van der Waals surface area contributed by atoms with Gasteiger partial charge in [0.05, 0.1) is 5.41 Å². The fourth-order valence-corrected chi connectivity index (χ4v) is 6.74. The lowest BCUT2D eigenvalue weighted by atomic mass is 9.49. The zero-order valence-electron chi connectivity index (χ0n) is 12.1. The van der Waals surface area contributed by atoms with Crippen molar-refractivity contribution in [3.8, 4) is 0 Å². The van der Waals surface area contributed by atoms with Crippen molar-refractivity contribution in [3.63, 3.8) is 0 Å². The molecule has 1 N–H and O–H groups in total. The average Bonchev–Trinajstić information content (AvgIpc) is 2.43. The van der Waals surface area contributed by atoms with E-state index in [1.165, 1.54) is 19.3 Å². The van der Waals surface area contributed by atoms with Crippen LogP contribution < -0.4 is 5.32 Å². The van der Waals surface area contributed by atoms with Gasteiger partial charge < -0.3 is 5.32 Å². The molecule has 4 aliphatic rings. The van der Waals surface area contributed by atoms with E-state index in [0.29, 0.717) is 6.54 Å². The molecule has 4 fully saturated rings. The predicted octanol–water partition coefficient (Wildman–Crippen LogP) is 3.43. The first-order chi connectivity index (χ1) is 10.1. The first-order valence-electron chi connectivity index (χ1n) is 7.93. The molecule has 0 spiro atoms. The molecular formula is C17H21BrN2O. The maximum atomic E-state index is 12.9. The summed E-state index contributed by atoms with van der Waals surface area (Å²) in [6, 6.07) is 3.93. The highest BCUT2D eigenvalue weighted by atomic mass is 79.9. The number of aromatic nitrogens is 1. The highest BCUT2D eigenvalue weighted by Gasteiger charge is 2.59. The number of carbonyl (C=O) groups excluding carboxylic acids is 1. The molecule has 4 saturated carbocycles. The molecule has 4 aliphatic carbocycles. The lowest BCUT2D eigenvalue weighted by Gasteiger charge is -2.59. The molecular weight excluding hydrogens is 328 g/mol. The summed E-state index contributed by atoms with van der Waals surface area (Å²) in [5.74, 6) is 1.76. The highest BCUT2D eigenvalue weighted by molar-refractivity contribution is 9.10. The lowest BCUT2D eigenvalue weighted by molar-refractivity contribution is -0.144. The average molecular weight is 349 g/mol. The van der Waals surface area contributed by atoms with Crippen LogP contribution in [0.15, 0.2) is 24.5 Å². The van der Waals surface area contributed by atoms with E-state index >= 15 is 0 Å². The number of hydrogen-bond acceptors (Lipinski definition) is 2. The summed E-state index contributed by atoms with van der Waals surface area (Å²) in [6.45, 7) is 0.596. The summed E-state index contributed by atoms with van der Waals surface area (Å²) in [6.07, 6.45) is 10.7. The second-order valence-corrected chi connectivity index (χ2v) is 9.12. The number of hydrogen-bond donors (Lipinski definition) is 1. The third-order valence-corrected chi connectivity index (χ3v) is 6.58. The Balaban J connectivity index is 1.49. The van der Waals surface area contributed by atoms with Crippen molar-refractivity contribution in [2.75, 3.05) is 0 Å². The van der Waals surface area contributed by atoms with Crippen LogP contribution in [0.5, 0.6) is 0 Å². The minimum Gasteiger partial charge on any atom is -0.351 e. The summed E-state index contributed by atoms with van der Waals surface area (Å²) >= 11 is 3.97. The lowest BCUT2D eigenvalue weighted by Crippen LogP contribution is -2.58. The Kier molecular flexibility index (Phi) is 3.14. The number of halogens is 1. The first kappa shape index (κ1) is 13.7. The van der Waals surface area contributed by atoms with Gasteiger partial charge in [-0.2, -0.15) is 0 Å². The van der Waals surface area contributed by atoms with Gasteiger partial charge in [-0.25, -0.2) is 0 Å². The van der Waals surface area contributed by atoms with Crippen molar-refractivity contribution in [2.24, 2.45) is 17.3 Å². The maximum Gasteiger partial charge on any atom is 0.226 e. The van der Waals surface area contributed by atoms with Gasteiger partial charge in [0.2, 0.25) is 5.91 Å². The number of rotatable bonds is 3. The fourth-order valence-electron chi connectivity index (χ4n) is 5.29. The van der Waals surface area contributed by atoms with Gasteiger partial charge in [0.1, 0.15) is 0 Å². The second-order valence-electron chi connectivity index (χ2n) is 7.44. The summed E-state index contributed by atoms with van der Waals surface area (Å²) in [4.78, 5) is 17.0. The maximum absolute atomic E-state index is 12.9. The summed E-state index contributed by atoms with van der Waals surface area (Å²) in [7, 11) is 0. The molecule has 1 aromatic rings. The van der Waals surface area contributed by atoms with Crippen molar-refractivity contribution in [1.29, 1.82) is 0 Å². The molecule has 3 nitrogen and oxygen atoms in total. The number of nitrogens with one attached hydrogen (secondary N) is 1. The van der Waals surface area contributed by atoms with Gasteiger partial charge in [-0.05, 0) is 62.0 Å². The Bertz CT molecular complexity index is 545. The summed E-state index contributed by atoms with van der Waals surface area (Å²) in [5, 5.41) is 3.17. The van der Waals surface area contributed by atoms with Gasteiger partial charge in [-0.1, -0.05) is 22.0 Å². The van der Waals surface area contributed by atoms with Crippen LogP contribution in [-0.4, -0.2) is 15.2 Å². The number of pyridine rings is 1. The van der Waals surface area contributed by atoms with E-state index in [2.05, 4.69) is 26.2 Å². The van der Waals surface area contributed by atoms with Crippen molar-refractivity contribution < 1.29 is 4.79 Å². The standard InChI is InChI=1S/C17H21BrN2O/c18-17-7-13-4-14(8-17)6-16(5-13,11-17)15(21)20-10-12-2-1-3-19-9-12/h1-3,9,13-14H,4-8,10-11H2,(H,20,21). The van der Waals surface area contributed by atoms with E-state index < -0.39 is 0 Å². The Hall–Kier alpha value is -0.900. The van der Waals surface area contributed by atoms with Crippen LogP contribution in [0.1, 0.15) is 44.1 Å². The minimum absolute atomic E-state index is 0.115. The molecule has 0 saturated heterocycles. The Morgan fingerprint density at radius 1 is 1.33 bits per heavy atom. The van der Waals surface area contributed by atoms with Crippen LogP contribution in [0, 0.1) is 17.3 Å². The Morgan fingerprint density at radius 2 is 2.10 bits per heavy atom. The largest absolute Gasteiger partial charge is 0.351 e. The minimum atomic E-state index is -0.115. The van der Waals surface area contributed by atoms with Gasteiger partial charge in [0.15, 0.2) is 0 Å². The first-order valence-corrected chi connectivity index (χ1v) is 8.72. The highest BCUT2D eigenvalue weighted by Crippen LogP contribution is 2.64. The van der Waals surface area contributed by atoms with E-state index in [0.717, 1.165) is 36.7 Å². The Morgan fingerprint density at radius 3 is 2.71 bits per heavy atom. The van der Waals surface area contributed by atoms with Crippen molar-refractivity contribution in [3.05, 3.63) is 30.1 Å². The van der Waals surface area contributed by atoms with E-state index in [4.69, 9.17) is 0 Å². The molecule has 0 aromatic carbocycles. The monoisotopic (exact) mass is 348 g/mol. The molecule has 1 amide bonds. The third kappa shape index (κ3) is 2.41. The van der Waals surface area contributed by atoms with E-state index in [1.807, 2.05) is 18.3 Å². The van der Waals surface area contributed by atoms with E-state index in [-0.39, 0.29) is 15.6 Å². The van der Waals surface area contributed by atoms with Crippen LogP contribution in [0.4, 0.5) is 0 Å². The van der Waals surface area contributed by atoms with E-state index in [1.54, 1.807) is 6.20 Å². The molecule has 4 bridgehead atoms. The number of alkyl halides is 1. The van der Waals surface area contributed by atoms with Crippen molar-refractivity contribution >= 4 is 21.8 Å². The molecule has 112 valence electrons. The van der Waals surface area contributed by atoms with Gasteiger partial charge in [0.25, 0.3) is 0 Å². The summed E-state index contributed by atoms with van der Waals surface area (Å²) < 4.78 is 0.239. The molecule has 2 unspecified atom stereocenters. The second kappa shape index (κ2) is 4.80. The molecule has 0 radical (unpaired) electrons. The Labute approximate surface area is 134 Å². The van der Waals surface area contributed by atoms with Gasteiger partial charge in [-0.15, -0.1) is 0 Å².